The van der Waals surface area contributed by atoms with Gasteiger partial charge in [-0.25, -0.2) is 9.67 Å². The first-order valence-electron chi connectivity index (χ1n) is 9.17. The highest BCUT2D eigenvalue weighted by Crippen LogP contribution is 2.24. The predicted octanol–water partition coefficient (Wildman–Crippen LogP) is 4.13. The van der Waals surface area contributed by atoms with Crippen molar-refractivity contribution in [2.24, 2.45) is 0 Å². The Kier molecular flexibility index (Phi) is 6.04. The molecule has 7 heteroatoms. The van der Waals surface area contributed by atoms with Gasteiger partial charge < -0.3 is 4.90 Å². The number of hydrogen-bond donors (Lipinski definition) is 0. The maximum absolute atomic E-state index is 12.6. The largest absolute Gasteiger partial charge is 0.339 e. The molecule has 28 heavy (non-hydrogen) atoms. The molecule has 1 unspecified atom stereocenters. The third-order valence-electron chi connectivity index (χ3n) is 4.94. The Morgan fingerprint density at radius 3 is 2.46 bits per heavy atom. The molecule has 0 aliphatic heterocycles. The lowest BCUT2D eigenvalue weighted by atomic mass is 10.0. The Hall–Kier alpha value is -2.80. The third kappa shape index (κ3) is 4.36. The zero-order valence-electron chi connectivity index (χ0n) is 16.5. The van der Waals surface area contributed by atoms with Gasteiger partial charge in [0.15, 0.2) is 5.78 Å². The summed E-state index contributed by atoms with van der Waals surface area (Å²) in [6.07, 6.45) is 3.58. The minimum absolute atomic E-state index is 0.0356. The summed E-state index contributed by atoms with van der Waals surface area (Å²) in [4.78, 5) is 32.8. The Bertz CT molecular complexity index is 961. The molecule has 3 aromatic rings. The summed E-state index contributed by atoms with van der Waals surface area (Å²) in [5.41, 5.74) is 2.68. The van der Waals surface area contributed by atoms with Gasteiger partial charge in [0.1, 0.15) is 12.7 Å². The fraction of sp³-hybridized carbons (Fsp3) is 0.333. The number of amides is 1. The van der Waals surface area contributed by atoms with Crippen LogP contribution < -0.4 is 0 Å². The van der Waals surface area contributed by atoms with Crippen molar-refractivity contribution in [2.45, 2.75) is 39.7 Å². The molecule has 0 aliphatic rings. The minimum atomic E-state index is -0.0856. The summed E-state index contributed by atoms with van der Waals surface area (Å²) >= 11 is 1.61. The van der Waals surface area contributed by atoms with Crippen molar-refractivity contribution in [2.75, 3.05) is 7.05 Å². The predicted molar refractivity (Wildman–Crippen MR) is 110 cm³/mol. The van der Waals surface area contributed by atoms with E-state index < -0.39 is 0 Å². The fourth-order valence-corrected chi connectivity index (χ4v) is 4.07. The first-order chi connectivity index (χ1) is 13.4. The van der Waals surface area contributed by atoms with Crippen molar-refractivity contribution in [1.29, 1.82) is 0 Å². The fourth-order valence-electron chi connectivity index (χ4n) is 3.13. The molecular weight excluding hydrogens is 372 g/mol. The molecule has 0 radical (unpaired) electrons. The number of thiophene rings is 1. The quantitative estimate of drug-likeness (QED) is 0.563. The molecule has 0 saturated heterocycles. The van der Waals surface area contributed by atoms with Crippen molar-refractivity contribution in [1.82, 2.24) is 19.7 Å². The zero-order valence-corrected chi connectivity index (χ0v) is 17.4. The summed E-state index contributed by atoms with van der Waals surface area (Å²) in [5, 5.41) is 4.11. The maximum Gasteiger partial charge on any atom is 0.223 e. The number of Topliss-reactive ketones (excluding diaryl/α,β-unsaturated/α-hetero) is 1. The molecule has 0 fully saturated rings. The number of carbonyl (C=O) groups is 2. The average Bonchev–Trinajstić information content (AvgIpc) is 3.34. The molecule has 2 heterocycles. The van der Waals surface area contributed by atoms with E-state index in [1.165, 1.54) is 6.33 Å². The number of rotatable bonds is 7. The average molecular weight is 397 g/mol. The number of hydrogen-bond acceptors (Lipinski definition) is 5. The maximum atomic E-state index is 12.6. The molecule has 146 valence electrons. The van der Waals surface area contributed by atoms with Gasteiger partial charge in [0.05, 0.1) is 11.7 Å². The standard InChI is InChI=1S/C21H24N4O2S/c1-14-11-19(16(3)28-14)20(26)9-10-21(27)24(4)15(2)17-5-7-18(8-6-17)25-13-22-12-23-25/h5-8,11-13,15H,9-10H2,1-4H3. The van der Waals surface area contributed by atoms with Crippen molar-refractivity contribution < 1.29 is 9.59 Å². The lowest BCUT2D eigenvalue weighted by Gasteiger charge is -2.25. The third-order valence-corrected chi connectivity index (χ3v) is 5.91. The van der Waals surface area contributed by atoms with Crippen LogP contribution in [-0.4, -0.2) is 38.4 Å². The van der Waals surface area contributed by atoms with E-state index in [0.29, 0.717) is 0 Å². The van der Waals surface area contributed by atoms with E-state index in [1.807, 2.05) is 51.1 Å². The van der Waals surface area contributed by atoms with Gasteiger partial charge >= 0.3 is 0 Å². The normalized spacial score (nSPS) is 12.0. The van der Waals surface area contributed by atoms with Crippen LogP contribution in [0.15, 0.2) is 43.0 Å². The van der Waals surface area contributed by atoms with Gasteiger partial charge in [-0.1, -0.05) is 12.1 Å². The molecule has 0 spiro atoms. The first kappa shape index (κ1) is 19.9. The van der Waals surface area contributed by atoms with E-state index in [1.54, 1.807) is 34.3 Å². The second-order valence-corrected chi connectivity index (χ2v) is 8.32. The minimum Gasteiger partial charge on any atom is -0.339 e. The van der Waals surface area contributed by atoms with E-state index in [9.17, 15) is 9.59 Å². The van der Waals surface area contributed by atoms with Crippen LogP contribution in [0.4, 0.5) is 0 Å². The molecule has 0 aliphatic carbocycles. The van der Waals surface area contributed by atoms with Gasteiger partial charge in [0.25, 0.3) is 0 Å². The Labute approximate surface area is 168 Å². The molecule has 0 N–H and O–H groups in total. The number of aryl methyl sites for hydroxylation is 2. The molecule has 1 amide bonds. The molecule has 0 bridgehead atoms. The van der Waals surface area contributed by atoms with Crippen LogP contribution >= 0.6 is 11.3 Å². The first-order valence-corrected chi connectivity index (χ1v) is 9.99. The lowest BCUT2D eigenvalue weighted by molar-refractivity contribution is -0.131. The van der Waals surface area contributed by atoms with E-state index >= 15 is 0 Å². The Morgan fingerprint density at radius 1 is 1.18 bits per heavy atom. The number of benzene rings is 1. The van der Waals surface area contributed by atoms with Crippen molar-refractivity contribution >= 4 is 23.0 Å². The van der Waals surface area contributed by atoms with Crippen LogP contribution in [0, 0.1) is 13.8 Å². The highest BCUT2D eigenvalue weighted by atomic mass is 32.1. The second-order valence-electron chi connectivity index (χ2n) is 6.86. The topological polar surface area (TPSA) is 68.1 Å². The number of aromatic nitrogens is 3. The van der Waals surface area contributed by atoms with E-state index in [2.05, 4.69) is 10.1 Å². The summed E-state index contributed by atoms with van der Waals surface area (Å²) in [5.74, 6) is -0.000699. The molecule has 3 rings (SSSR count). The summed E-state index contributed by atoms with van der Waals surface area (Å²) in [7, 11) is 1.78. The van der Waals surface area contributed by atoms with Crippen molar-refractivity contribution in [3.63, 3.8) is 0 Å². The highest BCUT2D eigenvalue weighted by molar-refractivity contribution is 7.12. The molecule has 1 atom stereocenters. The number of carbonyl (C=O) groups excluding carboxylic acids is 2. The zero-order chi connectivity index (χ0) is 20.3. The van der Waals surface area contributed by atoms with Gasteiger partial charge in [-0.05, 0) is 44.5 Å². The summed E-state index contributed by atoms with van der Waals surface area (Å²) < 4.78 is 1.68. The molecule has 2 aromatic heterocycles. The molecule has 1 aromatic carbocycles. The van der Waals surface area contributed by atoms with Crippen LogP contribution in [0.25, 0.3) is 5.69 Å². The van der Waals surface area contributed by atoms with Gasteiger partial charge in [-0.15, -0.1) is 11.3 Å². The van der Waals surface area contributed by atoms with Gasteiger partial charge in [-0.2, -0.15) is 5.10 Å². The van der Waals surface area contributed by atoms with Gasteiger partial charge in [0, 0.05) is 35.2 Å². The highest BCUT2D eigenvalue weighted by Gasteiger charge is 2.20. The van der Waals surface area contributed by atoms with Crippen LogP contribution in [0.5, 0.6) is 0 Å². The molecular formula is C21H24N4O2S. The van der Waals surface area contributed by atoms with Crippen molar-refractivity contribution in [3.8, 4) is 5.69 Å². The van der Waals surface area contributed by atoms with Gasteiger partial charge in [0.2, 0.25) is 5.91 Å². The molecule has 0 saturated carbocycles. The summed E-state index contributed by atoms with van der Waals surface area (Å²) in [6.45, 7) is 5.92. The van der Waals surface area contributed by atoms with Crippen LogP contribution in [0.3, 0.4) is 0 Å². The second kappa shape index (κ2) is 8.48. The smallest absolute Gasteiger partial charge is 0.223 e. The van der Waals surface area contributed by atoms with Crippen LogP contribution in [-0.2, 0) is 4.79 Å². The van der Waals surface area contributed by atoms with E-state index in [4.69, 9.17) is 0 Å². The SMILES string of the molecule is Cc1cc(C(=O)CCC(=O)N(C)C(C)c2ccc(-n3cncn3)cc2)c(C)s1. The monoisotopic (exact) mass is 396 g/mol. The molecule has 6 nitrogen and oxygen atoms in total. The number of ketones is 1. The number of nitrogens with zero attached hydrogens (tertiary/aromatic N) is 4. The lowest BCUT2D eigenvalue weighted by Crippen LogP contribution is -2.29. The van der Waals surface area contributed by atoms with Crippen molar-refractivity contribution in [3.05, 3.63) is 63.9 Å². The van der Waals surface area contributed by atoms with Crippen LogP contribution in [0.1, 0.15) is 51.5 Å². The summed E-state index contributed by atoms with van der Waals surface area (Å²) in [6, 6.07) is 9.68. The van der Waals surface area contributed by atoms with E-state index in [0.717, 1.165) is 26.6 Å². The Morgan fingerprint density at radius 2 is 1.89 bits per heavy atom. The Balaban J connectivity index is 1.59. The van der Waals surface area contributed by atoms with Crippen LogP contribution in [0.2, 0.25) is 0 Å². The van der Waals surface area contributed by atoms with Gasteiger partial charge in [-0.3, -0.25) is 9.59 Å². The van der Waals surface area contributed by atoms with E-state index in [-0.39, 0.29) is 30.6 Å².